The van der Waals surface area contributed by atoms with Crippen LogP contribution < -0.4 is 10.6 Å². The molecule has 0 atom stereocenters. The summed E-state index contributed by atoms with van der Waals surface area (Å²) in [6, 6.07) is 10.1. The van der Waals surface area contributed by atoms with Gasteiger partial charge in [-0.3, -0.25) is 0 Å². The Morgan fingerprint density at radius 1 is 1.00 bits per heavy atom. The van der Waals surface area contributed by atoms with Crippen LogP contribution in [0.25, 0.3) is 11.3 Å². The van der Waals surface area contributed by atoms with Crippen molar-refractivity contribution in [1.29, 1.82) is 0 Å². The van der Waals surface area contributed by atoms with Crippen LogP contribution >= 0.6 is 15.9 Å². The molecule has 5 heteroatoms. The van der Waals surface area contributed by atoms with Crippen molar-refractivity contribution in [1.82, 2.24) is 9.97 Å². The van der Waals surface area contributed by atoms with E-state index in [9.17, 15) is 0 Å². The lowest BCUT2D eigenvalue weighted by Crippen LogP contribution is -2.31. The molecule has 0 unspecified atom stereocenters. The van der Waals surface area contributed by atoms with Gasteiger partial charge < -0.3 is 10.6 Å². The molecule has 1 fully saturated rings. The van der Waals surface area contributed by atoms with E-state index >= 15 is 0 Å². The lowest BCUT2D eigenvalue weighted by atomic mass is 10.1. The van der Waals surface area contributed by atoms with E-state index in [0.717, 1.165) is 34.8 Å². The second-order valence-corrected chi connectivity index (χ2v) is 5.78. The van der Waals surface area contributed by atoms with Crippen LogP contribution in [0.5, 0.6) is 0 Å². The molecule has 2 heterocycles. The van der Waals surface area contributed by atoms with Crippen molar-refractivity contribution < 1.29 is 0 Å². The minimum absolute atomic E-state index is 0.499. The predicted octanol–water partition coefficient (Wildman–Crippen LogP) is 3.48. The molecule has 2 N–H and O–H groups in total. The monoisotopic (exact) mass is 332 g/mol. The van der Waals surface area contributed by atoms with Crippen LogP contribution in [-0.2, 0) is 0 Å². The van der Waals surface area contributed by atoms with Gasteiger partial charge >= 0.3 is 0 Å². The number of rotatable bonds is 2. The largest absolute Gasteiger partial charge is 0.383 e. The second-order valence-electron chi connectivity index (χ2n) is 4.99. The van der Waals surface area contributed by atoms with E-state index in [-0.39, 0.29) is 0 Å². The number of aromatic nitrogens is 2. The van der Waals surface area contributed by atoms with Gasteiger partial charge in [0.25, 0.3) is 0 Å². The van der Waals surface area contributed by atoms with Crippen LogP contribution in [0.3, 0.4) is 0 Å². The molecule has 1 aliphatic heterocycles. The highest BCUT2D eigenvalue weighted by Crippen LogP contribution is 2.32. The summed E-state index contributed by atoms with van der Waals surface area (Å²) in [7, 11) is 0. The van der Waals surface area contributed by atoms with E-state index in [4.69, 9.17) is 10.7 Å². The van der Waals surface area contributed by atoms with Gasteiger partial charge in [0, 0.05) is 18.7 Å². The third-order valence-electron chi connectivity index (χ3n) is 3.55. The molecular formula is C15H17BrN4. The number of hydrogen-bond donors (Lipinski definition) is 1. The number of anilines is 2. The summed E-state index contributed by atoms with van der Waals surface area (Å²) in [5, 5.41) is 0. The fraction of sp³-hybridized carbons (Fsp3) is 0.333. The van der Waals surface area contributed by atoms with E-state index < -0.39 is 0 Å². The molecule has 0 spiro atoms. The van der Waals surface area contributed by atoms with E-state index in [1.54, 1.807) is 0 Å². The maximum atomic E-state index is 6.04. The standard InChI is InChI=1S/C15H17BrN4/c16-12-13(11-7-3-1-4-8-11)18-15(19-14(12)17)20-9-5-2-6-10-20/h1,3-4,7-8H,2,5-6,9-10H2,(H2,17,18,19). The number of benzene rings is 1. The van der Waals surface area contributed by atoms with Crippen molar-refractivity contribution in [2.24, 2.45) is 0 Å². The summed E-state index contributed by atoms with van der Waals surface area (Å²) in [4.78, 5) is 11.4. The summed E-state index contributed by atoms with van der Waals surface area (Å²) in [5.74, 6) is 1.24. The van der Waals surface area contributed by atoms with Crippen LogP contribution in [0.1, 0.15) is 19.3 Å². The Bertz CT molecular complexity index is 594. The molecule has 1 aliphatic rings. The molecule has 3 rings (SSSR count). The third kappa shape index (κ3) is 2.63. The van der Waals surface area contributed by atoms with Gasteiger partial charge in [-0.1, -0.05) is 30.3 Å². The minimum atomic E-state index is 0.499. The zero-order valence-corrected chi connectivity index (χ0v) is 12.8. The summed E-state index contributed by atoms with van der Waals surface area (Å²) in [6.45, 7) is 2.02. The van der Waals surface area contributed by atoms with Crippen LogP contribution in [-0.4, -0.2) is 23.1 Å². The van der Waals surface area contributed by atoms with Gasteiger partial charge in [0.05, 0.1) is 10.2 Å². The fourth-order valence-corrected chi connectivity index (χ4v) is 2.88. The maximum absolute atomic E-state index is 6.04. The minimum Gasteiger partial charge on any atom is -0.383 e. The average molecular weight is 333 g/mol. The third-order valence-corrected chi connectivity index (χ3v) is 4.33. The first-order valence-corrected chi connectivity index (χ1v) is 7.68. The van der Waals surface area contributed by atoms with Gasteiger partial charge in [-0.15, -0.1) is 0 Å². The van der Waals surface area contributed by atoms with E-state index in [1.165, 1.54) is 19.3 Å². The van der Waals surface area contributed by atoms with Gasteiger partial charge in [-0.2, -0.15) is 4.98 Å². The molecule has 104 valence electrons. The van der Waals surface area contributed by atoms with Crippen LogP contribution in [0, 0.1) is 0 Å². The van der Waals surface area contributed by atoms with Gasteiger partial charge in [0.15, 0.2) is 0 Å². The zero-order valence-electron chi connectivity index (χ0n) is 11.2. The molecule has 0 radical (unpaired) electrons. The highest BCUT2D eigenvalue weighted by molar-refractivity contribution is 9.10. The normalized spacial score (nSPS) is 15.3. The van der Waals surface area contributed by atoms with Gasteiger partial charge in [0.1, 0.15) is 5.82 Å². The number of halogens is 1. The Balaban J connectivity index is 2.03. The lowest BCUT2D eigenvalue weighted by molar-refractivity contribution is 0.568. The fourth-order valence-electron chi connectivity index (χ4n) is 2.47. The topological polar surface area (TPSA) is 55.0 Å². The van der Waals surface area contributed by atoms with Crippen molar-refractivity contribution in [3.8, 4) is 11.3 Å². The summed E-state index contributed by atoms with van der Waals surface area (Å²) in [6.07, 6.45) is 3.67. The zero-order chi connectivity index (χ0) is 13.9. The highest BCUT2D eigenvalue weighted by Gasteiger charge is 2.18. The number of nitrogens with zero attached hydrogens (tertiary/aromatic N) is 3. The van der Waals surface area contributed by atoms with Crippen LogP contribution in [0.15, 0.2) is 34.8 Å². The number of hydrogen-bond acceptors (Lipinski definition) is 4. The smallest absolute Gasteiger partial charge is 0.227 e. The number of nitrogen functional groups attached to an aromatic ring is 1. The molecule has 0 saturated carbocycles. The lowest BCUT2D eigenvalue weighted by Gasteiger charge is -2.27. The SMILES string of the molecule is Nc1nc(N2CCCCC2)nc(-c2ccccc2)c1Br. The Kier molecular flexibility index (Phi) is 3.87. The van der Waals surface area contributed by atoms with Crippen LogP contribution in [0.2, 0.25) is 0 Å². The van der Waals surface area contributed by atoms with Crippen molar-refractivity contribution in [2.45, 2.75) is 19.3 Å². The Hall–Kier alpha value is -1.62. The quantitative estimate of drug-likeness (QED) is 0.914. The Morgan fingerprint density at radius 2 is 1.70 bits per heavy atom. The Labute approximate surface area is 127 Å². The molecule has 1 aromatic heterocycles. The van der Waals surface area contributed by atoms with E-state index in [1.807, 2.05) is 30.3 Å². The summed E-state index contributed by atoms with van der Waals surface area (Å²) >= 11 is 3.51. The van der Waals surface area contributed by atoms with E-state index in [0.29, 0.717) is 5.82 Å². The maximum Gasteiger partial charge on any atom is 0.227 e. The van der Waals surface area contributed by atoms with Gasteiger partial charge in [0.2, 0.25) is 5.95 Å². The molecule has 4 nitrogen and oxygen atoms in total. The van der Waals surface area contributed by atoms with Crippen molar-refractivity contribution in [2.75, 3.05) is 23.7 Å². The van der Waals surface area contributed by atoms with Crippen molar-refractivity contribution in [3.05, 3.63) is 34.8 Å². The number of piperidine rings is 1. The molecule has 20 heavy (non-hydrogen) atoms. The molecule has 2 aromatic rings. The first-order chi connectivity index (χ1) is 9.75. The average Bonchev–Trinajstić information content (AvgIpc) is 2.51. The number of nitrogens with two attached hydrogens (primary N) is 1. The second kappa shape index (κ2) is 5.79. The summed E-state index contributed by atoms with van der Waals surface area (Å²) < 4.78 is 0.768. The summed E-state index contributed by atoms with van der Waals surface area (Å²) in [5.41, 5.74) is 7.95. The molecule has 0 amide bonds. The molecule has 0 bridgehead atoms. The first-order valence-electron chi connectivity index (χ1n) is 6.89. The molecular weight excluding hydrogens is 316 g/mol. The van der Waals surface area contributed by atoms with Crippen LogP contribution in [0.4, 0.5) is 11.8 Å². The predicted molar refractivity (Wildman–Crippen MR) is 85.6 cm³/mol. The van der Waals surface area contributed by atoms with Gasteiger partial charge in [-0.25, -0.2) is 4.98 Å². The van der Waals surface area contributed by atoms with E-state index in [2.05, 4.69) is 25.8 Å². The van der Waals surface area contributed by atoms with Gasteiger partial charge in [-0.05, 0) is 35.2 Å². The molecule has 0 aliphatic carbocycles. The Morgan fingerprint density at radius 3 is 2.40 bits per heavy atom. The first kappa shape index (κ1) is 13.4. The molecule has 1 saturated heterocycles. The highest BCUT2D eigenvalue weighted by atomic mass is 79.9. The van der Waals surface area contributed by atoms with Crippen molar-refractivity contribution >= 4 is 27.7 Å². The molecule has 1 aromatic carbocycles. The van der Waals surface area contributed by atoms with Crippen molar-refractivity contribution in [3.63, 3.8) is 0 Å².